The van der Waals surface area contributed by atoms with Gasteiger partial charge < -0.3 is 9.31 Å². The van der Waals surface area contributed by atoms with Crippen molar-refractivity contribution >= 4 is 44.4 Å². The zero-order chi connectivity index (χ0) is 26.5. The van der Waals surface area contributed by atoms with Crippen LogP contribution in [-0.4, -0.2) is 47.1 Å². The van der Waals surface area contributed by atoms with Crippen molar-refractivity contribution in [2.45, 2.75) is 56.5 Å². The highest BCUT2D eigenvalue weighted by Gasteiger charge is 2.53. The standard InChI is InChI=1S/C27H30BN3O5S/c1-25(2)26(3,4)36-28(35-25)18-9-12-21-20(15-18)23-22(16-29-21)30(5)24(32)31(23)19-10-7-17(8-11-19)27(13-14-27)37(6,33)34/h7-12,15-16H,13-14H2,1-6H3. The van der Waals surface area contributed by atoms with Crippen molar-refractivity contribution in [1.29, 1.82) is 0 Å². The molecule has 0 spiro atoms. The number of rotatable bonds is 4. The van der Waals surface area contributed by atoms with Gasteiger partial charge in [-0.1, -0.05) is 24.3 Å². The van der Waals surface area contributed by atoms with Gasteiger partial charge in [-0.15, -0.1) is 0 Å². The molecule has 0 amide bonds. The van der Waals surface area contributed by atoms with Crippen LogP contribution in [0, 0.1) is 0 Å². The van der Waals surface area contributed by atoms with Crippen molar-refractivity contribution in [1.82, 2.24) is 14.1 Å². The summed E-state index contributed by atoms with van der Waals surface area (Å²) < 4.78 is 39.7. The SMILES string of the molecule is Cn1c(=O)n(-c2ccc(C3(S(C)(=O)=O)CC3)cc2)c2c3cc(B4OC(C)(C)C(C)(C)O4)ccc3ncc21. The zero-order valence-corrected chi connectivity index (χ0v) is 22.7. The lowest BCUT2D eigenvalue weighted by atomic mass is 9.78. The van der Waals surface area contributed by atoms with E-state index in [1.165, 1.54) is 6.26 Å². The number of fused-ring (bicyclic) bond motifs is 3. The van der Waals surface area contributed by atoms with Crippen molar-refractivity contribution in [2.24, 2.45) is 7.05 Å². The summed E-state index contributed by atoms with van der Waals surface area (Å²) >= 11 is 0. The summed E-state index contributed by atoms with van der Waals surface area (Å²) in [6.45, 7) is 8.06. The van der Waals surface area contributed by atoms with Gasteiger partial charge in [0.1, 0.15) is 0 Å². The number of hydrogen-bond donors (Lipinski definition) is 0. The Balaban J connectivity index is 1.52. The normalized spacial score (nSPS) is 20.1. The molecule has 1 aliphatic carbocycles. The Morgan fingerprint density at radius 1 is 0.973 bits per heavy atom. The summed E-state index contributed by atoms with van der Waals surface area (Å²) in [4.78, 5) is 18.1. The van der Waals surface area contributed by atoms with Gasteiger partial charge in [-0.05, 0) is 69.8 Å². The number of aromatic nitrogens is 3. The molecule has 4 aromatic rings. The highest BCUT2D eigenvalue weighted by atomic mass is 32.2. The van der Waals surface area contributed by atoms with E-state index in [9.17, 15) is 13.2 Å². The molecule has 0 atom stereocenters. The molecule has 192 valence electrons. The molecule has 2 aromatic carbocycles. The van der Waals surface area contributed by atoms with Crippen molar-refractivity contribution in [3.05, 3.63) is 64.7 Å². The minimum Gasteiger partial charge on any atom is -0.399 e. The molecule has 2 aliphatic rings. The number of aryl methyl sites for hydroxylation is 1. The summed E-state index contributed by atoms with van der Waals surface area (Å²) in [5.41, 5.74) is 3.30. The Hall–Kier alpha value is -2.95. The predicted octanol–water partition coefficient (Wildman–Crippen LogP) is 3.21. The van der Waals surface area contributed by atoms with Crippen LogP contribution in [-0.2, 0) is 30.9 Å². The number of sulfone groups is 1. The molecule has 6 rings (SSSR count). The third kappa shape index (κ3) is 3.46. The fraction of sp³-hybridized carbons (Fsp3) is 0.407. The molecule has 1 saturated carbocycles. The molecule has 3 heterocycles. The van der Waals surface area contributed by atoms with Crippen molar-refractivity contribution in [2.75, 3.05) is 6.26 Å². The highest BCUT2D eigenvalue weighted by Crippen LogP contribution is 2.52. The number of nitrogens with zero attached hydrogens (tertiary/aromatic N) is 3. The average Bonchev–Trinajstić information content (AvgIpc) is 3.57. The van der Waals surface area contributed by atoms with E-state index < -0.39 is 32.9 Å². The van der Waals surface area contributed by atoms with Gasteiger partial charge in [-0.2, -0.15) is 0 Å². The summed E-state index contributed by atoms with van der Waals surface area (Å²) in [5.74, 6) is 0. The van der Waals surface area contributed by atoms with E-state index in [0.717, 1.165) is 27.4 Å². The van der Waals surface area contributed by atoms with Crippen LogP contribution in [0.3, 0.4) is 0 Å². The predicted molar refractivity (Wildman–Crippen MR) is 145 cm³/mol. The zero-order valence-electron chi connectivity index (χ0n) is 21.9. The van der Waals surface area contributed by atoms with Gasteiger partial charge in [0.05, 0.1) is 44.4 Å². The van der Waals surface area contributed by atoms with Gasteiger partial charge >= 0.3 is 12.8 Å². The Morgan fingerprint density at radius 3 is 2.16 bits per heavy atom. The first-order chi connectivity index (χ1) is 17.3. The van der Waals surface area contributed by atoms with Gasteiger partial charge in [0.15, 0.2) is 9.84 Å². The summed E-state index contributed by atoms with van der Waals surface area (Å²) in [6, 6.07) is 13.2. The third-order valence-corrected chi connectivity index (χ3v) is 10.6. The summed E-state index contributed by atoms with van der Waals surface area (Å²) in [7, 11) is -2.04. The number of hydrogen-bond acceptors (Lipinski definition) is 6. The van der Waals surface area contributed by atoms with Crippen LogP contribution in [0.25, 0.3) is 27.6 Å². The minimum atomic E-state index is -3.22. The lowest BCUT2D eigenvalue weighted by Gasteiger charge is -2.32. The van der Waals surface area contributed by atoms with Crippen LogP contribution < -0.4 is 11.2 Å². The van der Waals surface area contributed by atoms with E-state index in [2.05, 4.69) is 4.98 Å². The summed E-state index contributed by atoms with van der Waals surface area (Å²) in [6.07, 6.45) is 4.25. The molecule has 10 heteroatoms. The maximum atomic E-state index is 13.5. The molecular weight excluding hydrogens is 489 g/mol. The smallest absolute Gasteiger partial charge is 0.399 e. The van der Waals surface area contributed by atoms with Crippen molar-refractivity contribution in [3.63, 3.8) is 0 Å². The molecule has 1 saturated heterocycles. The van der Waals surface area contributed by atoms with E-state index >= 15 is 0 Å². The van der Waals surface area contributed by atoms with Gasteiger partial charge in [0.25, 0.3) is 0 Å². The average molecular weight is 519 g/mol. The van der Waals surface area contributed by atoms with Crippen LogP contribution in [0.5, 0.6) is 0 Å². The highest BCUT2D eigenvalue weighted by molar-refractivity contribution is 7.92. The molecule has 37 heavy (non-hydrogen) atoms. The van der Waals surface area contributed by atoms with E-state index in [1.54, 1.807) is 22.4 Å². The van der Waals surface area contributed by atoms with Crippen LogP contribution >= 0.6 is 0 Å². The lowest BCUT2D eigenvalue weighted by molar-refractivity contribution is 0.00578. The maximum Gasteiger partial charge on any atom is 0.494 e. The summed E-state index contributed by atoms with van der Waals surface area (Å²) in [5, 5.41) is 0.807. The number of imidazole rings is 1. The van der Waals surface area contributed by atoms with Gasteiger partial charge in [-0.25, -0.2) is 13.2 Å². The van der Waals surface area contributed by atoms with E-state index in [-0.39, 0.29) is 5.69 Å². The maximum absolute atomic E-state index is 13.5. The molecule has 0 unspecified atom stereocenters. The fourth-order valence-corrected chi connectivity index (χ4v) is 6.69. The minimum absolute atomic E-state index is 0.206. The van der Waals surface area contributed by atoms with Crippen LogP contribution in [0.4, 0.5) is 0 Å². The number of pyridine rings is 1. The molecule has 1 aliphatic heterocycles. The first-order valence-corrected chi connectivity index (χ1v) is 14.3. The third-order valence-electron chi connectivity index (χ3n) is 8.50. The Labute approximate surface area is 216 Å². The molecule has 2 aromatic heterocycles. The van der Waals surface area contributed by atoms with Gasteiger partial charge in [-0.3, -0.25) is 14.1 Å². The van der Waals surface area contributed by atoms with Gasteiger partial charge in [0, 0.05) is 18.7 Å². The fourth-order valence-electron chi connectivity index (χ4n) is 5.28. The lowest BCUT2D eigenvalue weighted by Crippen LogP contribution is -2.41. The quantitative estimate of drug-likeness (QED) is 0.385. The van der Waals surface area contributed by atoms with Gasteiger partial charge in [0.2, 0.25) is 0 Å². The molecule has 0 radical (unpaired) electrons. The van der Waals surface area contributed by atoms with Crippen molar-refractivity contribution in [3.8, 4) is 5.69 Å². The largest absolute Gasteiger partial charge is 0.494 e. The monoisotopic (exact) mass is 519 g/mol. The second-order valence-electron chi connectivity index (χ2n) is 11.3. The molecular formula is C27H30BN3O5S. The van der Waals surface area contributed by atoms with E-state index in [4.69, 9.17) is 9.31 Å². The molecule has 0 bridgehead atoms. The topological polar surface area (TPSA) is 92.4 Å². The Bertz CT molecular complexity index is 1730. The molecule has 0 N–H and O–H groups in total. The van der Waals surface area contributed by atoms with E-state index in [1.807, 2.05) is 70.2 Å². The first kappa shape index (κ1) is 24.4. The number of benzene rings is 2. The van der Waals surface area contributed by atoms with Crippen LogP contribution in [0.1, 0.15) is 46.1 Å². The van der Waals surface area contributed by atoms with Crippen molar-refractivity contribution < 1.29 is 17.7 Å². The molecule has 2 fully saturated rings. The van der Waals surface area contributed by atoms with E-state index in [0.29, 0.717) is 24.0 Å². The first-order valence-electron chi connectivity index (χ1n) is 12.4. The second kappa shape index (κ2) is 7.55. The second-order valence-corrected chi connectivity index (χ2v) is 13.7. The van der Waals surface area contributed by atoms with Crippen LogP contribution in [0.2, 0.25) is 0 Å². The Kier molecular flexibility index (Phi) is 4.98. The van der Waals surface area contributed by atoms with Crippen LogP contribution in [0.15, 0.2) is 53.5 Å². The Morgan fingerprint density at radius 2 is 1.59 bits per heavy atom. The molecule has 8 nitrogen and oxygen atoms in total.